The van der Waals surface area contributed by atoms with Crippen LogP contribution in [0.25, 0.3) is 0 Å². The van der Waals surface area contributed by atoms with Crippen molar-refractivity contribution in [2.45, 2.75) is 12.3 Å². The first-order valence-corrected chi connectivity index (χ1v) is 6.29. The number of rotatable bonds is 4. The second-order valence-electron chi connectivity index (χ2n) is 3.38. The molecule has 4 heteroatoms. The lowest BCUT2D eigenvalue weighted by molar-refractivity contribution is 0.414. The Morgan fingerprint density at radius 3 is 3.00 bits per heavy atom. The smallest absolute Gasteiger partial charge is 0.119 e. The van der Waals surface area contributed by atoms with Crippen LogP contribution in [0.1, 0.15) is 15.4 Å². The summed E-state index contributed by atoms with van der Waals surface area (Å²) >= 11 is 7.40. The molecule has 1 heterocycles. The van der Waals surface area contributed by atoms with Crippen LogP contribution in [0, 0.1) is 0 Å². The lowest BCUT2D eigenvalue weighted by Crippen LogP contribution is -1.88. The number of hydrogen-bond acceptors (Lipinski definition) is 3. The summed E-state index contributed by atoms with van der Waals surface area (Å²) in [6.07, 6.45) is 2.67. The molecule has 2 aromatic rings. The molecule has 1 aromatic heterocycles. The van der Waals surface area contributed by atoms with Gasteiger partial charge in [-0.15, -0.1) is 22.9 Å². The SMILES string of the molecule is COc1cccc(Cc2ncc(CCl)s2)c1. The van der Waals surface area contributed by atoms with Crippen molar-refractivity contribution >= 4 is 22.9 Å². The van der Waals surface area contributed by atoms with Crippen molar-refractivity contribution in [1.82, 2.24) is 4.98 Å². The van der Waals surface area contributed by atoms with Gasteiger partial charge in [0.1, 0.15) is 5.75 Å². The first-order valence-electron chi connectivity index (χ1n) is 4.94. The number of ether oxygens (including phenoxy) is 1. The van der Waals surface area contributed by atoms with Crippen molar-refractivity contribution in [2.24, 2.45) is 0 Å². The molecule has 0 aliphatic heterocycles. The molecule has 84 valence electrons. The molecule has 0 saturated carbocycles. The molecule has 2 rings (SSSR count). The highest BCUT2D eigenvalue weighted by molar-refractivity contribution is 7.11. The number of methoxy groups -OCH3 is 1. The van der Waals surface area contributed by atoms with E-state index in [9.17, 15) is 0 Å². The van der Waals surface area contributed by atoms with Gasteiger partial charge >= 0.3 is 0 Å². The third-order valence-corrected chi connectivity index (χ3v) is 3.67. The Hall–Kier alpha value is -1.06. The fourth-order valence-electron chi connectivity index (χ4n) is 1.45. The molecule has 0 fully saturated rings. The van der Waals surface area contributed by atoms with Crippen molar-refractivity contribution in [3.8, 4) is 5.75 Å². The van der Waals surface area contributed by atoms with E-state index in [0.29, 0.717) is 5.88 Å². The predicted octanol–water partition coefficient (Wildman–Crippen LogP) is 3.48. The fourth-order valence-corrected chi connectivity index (χ4v) is 2.49. The van der Waals surface area contributed by atoms with Crippen molar-refractivity contribution in [1.29, 1.82) is 0 Å². The molecule has 2 nitrogen and oxygen atoms in total. The first-order chi connectivity index (χ1) is 7.81. The van der Waals surface area contributed by atoms with Crippen molar-refractivity contribution in [3.63, 3.8) is 0 Å². The van der Waals surface area contributed by atoms with Gasteiger partial charge in [-0.3, -0.25) is 0 Å². The van der Waals surface area contributed by atoms with Gasteiger partial charge in [0, 0.05) is 17.5 Å². The van der Waals surface area contributed by atoms with Gasteiger partial charge in [0.25, 0.3) is 0 Å². The van der Waals surface area contributed by atoms with Crippen LogP contribution >= 0.6 is 22.9 Å². The van der Waals surface area contributed by atoms with E-state index in [1.165, 1.54) is 5.56 Å². The Balaban J connectivity index is 2.13. The second kappa shape index (κ2) is 5.32. The average Bonchev–Trinajstić information content (AvgIpc) is 2.77. The van der Waals surface area contributed by atoms with Crippen LogP contribution in [0.15, 0.2) is 30.5 Å². The number of thiazole rings is 1. The first kappa shape index (κ1) is 11.4. The van der Waals surface area contributed by atoms with Crippen LogP contribution in [0.3, 0.4) is 0 Å². The molecular formula is C12H12ClNOS. The largest absolute Gasteiger partial charge is 0.497 e. The van der Waals surface area contributed by atoms with E-state index in [-0.39, 0.29) is 0 Å². The molecular weight excluding hydrogens is 242 g/mol. The minimum absolute atomic E-state index is 0.537. The van der Waals surface area contributed by atoms with E-state index in [0.717, 1.165) is 22.1 Å². The van der Waals surface area contributed by atoms with E-state index >= 15 is 0 Å². The molecule has 0 aliphatic carbocycles. The standard InChI is InChI=1S/C12H12ClNOS/c1-15-10-4-2-3-9(5-10)6-12-14-8-11(7-13)16-12/h2-5,8H,6-7H2,1H3. The van der Waals surface area contributed by atoms with Gasteiger partial charge in [0.15, 0.2) is 0 Å². The molecule has 0 aliphatic rings. The predicted molar refractivity (Wildman–Crippen MR) is 67.5 cm³/mol. The molecule has 0 bridgehead atoms. The Morgan fingerprint density at radius 2 is 2.31 bits per heavy atom. The zero-order valence-corrected chi connectivity index (χ0v) is 10.5. The summed E-state index contributed by atoms with van der Waals surface area (Å²) in [7, 11) is 1.67. The Labute approximate surface area is 104 Å². The van der Waals surface area contributed by atoms with Gasteiger partial charge in [0.2, 0.25) is 0 Å². The zero-order valence-electron chi connectivity index (χ0n) is 8.94. The van der Waals surface area contributed by atoms with Crippen molar-refractivity contribution in [3.05, 3.63) is 45.9 Å². The maximum absolute atomic E-state index is 5.74. The lowest BCUT2D eigenvalue weighted by atomic mass is 10.1. The minimum atomic E-state index is 0.537. The molecule has 0 spiro atoms. The summed E-state index contributed by atoms with van der Waals surface area (Å²) in [4.78, 5) is 5.44. The quantitative estimate of drug-likeness (QED) is 0.779. The molecule has 0 N–H and O–H groups in total. The van der Waals surface area contributed by atoms with Gasteiger partial charge in [-0.1, -0.05) is 12.1 Å². The van der Waals surface area contributed by atoms with Gasteiger partial charge in [-0.2, -0.15) is 0 Å². The normalized spacial score (nSPS) is 10.4. The third-order valence-electron chi connectivity index (χ3n) is 2.22. The van der Waals surface area contributed by atoms with Crippen LogP contribution in [0.5, 0.6) is 5.75 Å². The number of benzene rings is 1. The van der Waals surface area contributed by atoms with Crippen LogP contribution in [0.2, 0.25) is 0 Å². The maximum atomic E-state index is 5.74. The summed E-state index contributed by atoms with van der Waals surface area (Å²) in [5, 5.41) is 1.09. The summed E-state index contributed by atoms with van der Waals surface area (Å²) in [6.45, 7) is 0. The molecule has 0 saturated heterocycles. The van der Waals surface area contributed by atoms with Crippen molar-refractivity contribution < 1.29 is 4.74 Å². The fraction of sp³-hybridized carbons (Fsp3) is 0.250. The highest BCUT2D eigenvalue weighted by Crippen LogP contribution is 2.20. The highest BCUT2D eigenvalue weighted by atomic mass is 35.5. The van der Waals surface area contributed by atoms with Gasteiger partial charge in [-0.25, -0.2) is 4.98 Å². The Morgan fingerprint density at radius 1 is 1.44 bits per heavy atom. The lowest BCUT2D eigenvalue weighted by Gasteiger charge is -2.02. The summed E-state index contributed by atoms with van der Waals surface area (Å²) in [5.41, 5.74) is 1.20. The topological polar surface area (TPSA) is 22.1 Å². The van der Waals surface area contributed by atoms with E-state index in [4.69, 9.17) is 16.3 Å². The molecule has 16 heavy (non-hydrogen) atoms. The maximum Gasteiger partial charge on any atom is 0.119 e. The summed E-state index contributed by atoms with van der Waals surface area (Å²) in [5.74, 6) is 1.42. The van der Waals surface area contributed by atoms with E-state index in [1.54, 1.807) is 18.4 Å². The van der Waals surface area contributed by atoms with E-state index in [2.05, 4.69) is 11.1 Å². The monoisotopic (exact) mass is 253 g/mol. The van der Waals surface area contributed by atoms with Crippen LogP contribution < -0.4 is 4.74 Å². The van der Waals surface area contributed by atoms with Gasteiger partial charge < -0.3 is 4.74 Å². The molecule has 1 aromatic carbocycles. The Kier molecular flexibility index (Phi) is 3.80. The zero-order chi connectivity index (χ0) is 11.4. The molecule has 0 amide bonds. The minimum Gasteiger partial charge on any atom is -0.497 e. The number of halogens is 1. The number of aromatic nitrogens is 1. The molecule has 0 atom stereocenters. The summed E-state index contributed by atoms with van der Waals surface area (Å²) < 4.78 is 5.18. The van der Waals surface area contributed by atoms with E-state index in [1.807, 2.05) is 24.4 Å². The second-order valence-corrected chi connectivity index (χ2v) is 4.85. The molecule has 0 unspecified atom stereocenters. The summed E-state index contributed by atoms with van der Waals surface area (Å²) in [6, 6.07) is 8.03. The Bertz CT molecular complexity index is 470. The van der Waals surface area contributed by atoms with Crippen LogP contribution in [0.4, 0.5) is 0 Å². The van der Waals surface area contributed by atoms with E-state index < -0.39 is 0 Å². The third kappa shape index (κ3) is 2.74. The van der Waals surface area contributed by atoms with Gasteiger partial charge in [-0.05, 0) is 17.7 Å². The van der Waals surface area contributed by atoms with Crippen LogP contribution in [-0.2, 0) is 12.3 Å². The number of hydrogen-bond donors (Lipinski definition) is 0. The van der Waals surface area contributed by atoms with Crippen molar-refractivity contribution in [2.75, 3.05) is 7.11 Å². The highest BCUT2D eigenvalue weighted by Gasteiger charge is 2.03. The van der Waals surface area contributed by atoms with Crippen LogP contribution in [-0.4, -0.2) is 12.1 Å². The number of alkyl halides is 1. The molecule has 0 radical (unpaired) electrons. The average molecular weight is 254 g/mol. The number of nitrogens with zero attached hydrogens (tertiary/aromatic N) is 1. The van der Waals surface area contributed by atoms with Gasteiger partial charge in [0.05, 0.1) is 18.0 Å².